The number of benzene rings is 1. The van der Waals surface area contributed by atoms with Crippen LogP contribution in [0.2, 0.25) is 0 Å². The van der Waals surface area contributed by atoms with Gasteiger partial charge in [0.05, 0.1) is 5.69 Å². The van der Waals surface area contributed by atoms with Crippen molar-refractivity contribution in [3.63, 3.8) is 0 Å². The third kappa shape index (κ3) is 4.55. The molecule has 4 rings (SSSR count). The maximum atomic E-state index is 5.43. The highest BCUT2D eigenvalue weighted by atomic mass is 16.7. The summed E-state index contributed by atoms with van der Waals surface area (Å²) >= 11 is 0. The van der Waals surface area contributed by atoms with Crippen LogP contribution in [-0.4, -0.2) is 51.3 Å². The van der Waals surface area contributed by atoms with Crippen molar-refractivity contribution in [3.8, 4) is 17.4 Å². The second-order valence-electron chi connectivity index (χ2n) is 7.23. The van der Waals surface area contributed by atoms with E-state index in [0.717, 1.165) is 42.5 Å². The Bertz CT molecular complexity index is 960. The standard InChI is InChI=1S/C21H26N6O2/c1-15-10-18(25-21(24-15)27-9-7-23-13-27)16(2)26(3)8-6-22-12-17-4-5-19-20(11-17)29-14-28-19/h4-5,7,9-11,13,16,22H,6,8,12,14H2,1-3H3. The molecule has 152 valence electrons. The highest BCUT2D eigenvalue weighted by Gasteiger charge is 2.16. The molecule has 0 spiro atoms. The van der Waals surface area contributed by atoms with Gasteiger partial charge < -0.3 is 14.8 Å². The summed E-state index contributed by atoms with van der Waals surface area (Å²) in [5, 5.41) is 3.49. The Labute approximate surface area is 170 Å². The molecule has 0 fully saturated rings. The minimum absolute atomic E-state index is 0.173. The van der Waals surface area contributed by atoms with E-state index < -0.39 is 0 Å². The first-order valence-electron chi connectivity index (χ1n) is 9.73. The van der Waals surface area contributed by atoms with E-state index in [1.165, 1.54) is 5.56 Å². The molecule has 0 bridgehead atoms. The van der Waals surface area contributed by atoms with Crippen molar-refractivity contribution in [1.29, 1.82) is 0 Å². The lowest BCUT2D eigenvalue weighted by molar-refractivity contribution is 0.174. The van der Waals surface area contributed by atoms with E-state index in [-0.39, 0.29) is 6.04 Å². The average Bonchev–Trinajstić information content (AvgIpc) is 3.41. The highest BCUT2D eigenvalue weighted by Crippen LogP contribution is 2.32. The predicted molar refractivity (Wildman–Crippen MR) is 109 cm³/mol. The molecule has 1 aromatic carbocycles. The number of nitrogens with one attached hydrogen (secondary N) is 1. The predicted octanol–water partition coefficient (Wildman–Crippen LogP) is 2.48. The number of hydrogen-bond acceptors (Lipinski definition) is 7. The quantitative estimate of drug-likeness (QED) is 0.588. The molecule has 1 atom stereocenters. The summed E-state index contributed by atoms with van der Waals surface area (Å²) in [6.07, 6.45) is 5.30. The number of aromatic nitrogens is 4. The molecular formula is C21H26N6O2. The van der Waals surface area contributed by atoms with E-state index >= 15 is 0 Å². The van der Waals surface area contributed by atoms with Gasteiger partial charge in [0.1, 0.15) is 6.33 Å². The molecule has 8 nitrogen and oxygen atoms in total. The van der Waals surface area contributed by atoms with Crippen molar-refractivity contribution in [2.45, 2.75) is 26.4 Å². The Balaban J connectivity index is 1.31. The fourth-order valence-electron chi connectivity index (χ4n) is 3.24. The topological polar surface area (TPSA) is 77.3 Å². The first-order valence-corrected chi connectivity index (χ1v) is 9.73. The lowest BCUT2D eigenvalue weighted by Gasteiger charge is -2.25. The lowest BCUT2D eigenvalue weighted by Crippen LogP contribution is -2.31. The van der Waals surface area contributed by atoms with E-state index in [9.17, 15) is 0 Å². The van der Waals surface area contributed by atoms with Gasteiger partial charge in [-0.1, -0.05) is 6.07 Å². The zero-order chi connectivity index (χ0) is 20.2. The Hall–Kier alpha value is -2.97. The Morgan fingerprint density at radius 1 is 1.21 bits per heavy atom. The van der Waals surface area contributed by atoms with E-state index in [1.54, 1.807) is 12.5 Å². The number of nitrogens with zero attached hydrogens (tertiary/aromatic N) is 5. The van der Waals surface area contributed by atoms with Crippen LogP contribution in [0.4, 0.5) is 0 Å². The molecular weight excluding hydrogens is 368 g/mol. The summed E-state index contributed by atoms with van der Waals surface area (Å²) in [6.45, 7) is 7.02. The van der Waals surface area contributed by atoms with Crippen molar-refractivity contribution in [1.82, 2.24) is 29.7 Å². The molecule has 1 aliphatic rings. The zero-order valence-electron chi connectivity index (χ0n) is 17.0. The minimum Gasteiger partial charge on any atom is -0.454 e. The number of imidazole rings is 1. The molecule has 8 heteroatoms. The van der Waals surface area contributed by atoms with Crippen molar-refractivity contribution in [3.05, 3.63) is 59.9 Å². The molecule has 3 heterocycles. The molecule has 0 saturated heterocycles. The van der Waals surface area contributed by atoms with Crippen LogP contribution in [0.25, 0.3) is 5.95 Å². The van der Waals surface area contributed by atoms with Crippen LogP contribution in [0.1, 0.15) is 29.9 Å². The number of hydrogen-bond donors (Lipinski definition) is 1. The SMILES string of the molecule is Cc1cc(C(C)N(C)CCNCc2ccc3c(c2)OCO3)nc(-n2ccnc2)n1. The molecule has 0 radical (unpaired) electrons. The number of fused-ring (bicyclic) bond motifs is 1. The van der Waals surface area contributed by atoms with Crippen LogP contribution in [0.5, 0.6) is 11.5 Å². The fourth-order valence-corrected chi connectivity index (χ4v) is 3.24. The van der Waals surface area contributed by atoms with E-state index in [2.05, 4.69) is 40.2 Å². The van der Waals surface area contributed by atoms with Crippen LogP contribution in [0, 0.1) is 6.92 Å². The Kier molecular flexibility index (Phi) is 5.73. The molecule has 3 aromatic rings. The fraction of sp³-hybridized carbons (Fsp3) is 0.381. The van der Waals surface area contributed by atoms with Crippen LogP contribution in [-0.2, 0) is 6.54 Å². The van der Waals surface area contributed by atoms with Gasteiger partial charge in [-0.3, -0.25) is 9.47 Å². The smallest absolute Gasteiger partial charge is 0.235 e. The average molecular weight is 394 g/mol. The maximum Gasteiger partial charge on any atom is 0.235 e. The summed E-state index contributed by atoms with van der Waals surface area (Å²) in [6, 6.07) is 8.27. The monoisotopic (exact) mass is 394 g/mol. The number of rotatable bonds is 8. The summed E-state index contributed by atoms with van der Waals surface area (Å²) in [5.74, 6) is 2.29. The first-order chi connectivity index (χ1) is 14.1. The number of likely N-dealkylation sites (N-methyl/N-ethyl adjacent to an activating group) is 1. The molecule has 0 aliphatic carbocycles. The van der Waals surface area contributed by atoms with Gasteiger partial charge in [0.2, 0.25) is 12.7 Å². The van der Waals surface area contributed by atoms with Gasteiger partial charge in [-0.2, -0.15) is 0 Å². The van der Waals surface area contributed by atoms with Gasteiger partial charge in [0.25, 0.3) is 0 Å². The van der Waals surface area contributed by atoms with Crippen LogP contribution < -0.4 is 14.8 Å². The minimum atomic E-state index is 0.173. The molecule has 29 heavy (non-hydrogen) atoms. The van der Waals surface area contributed by atoms with Crippen LogP contribution in [0.15, 0.2) is 43.0 Å². The zero-order valence-corrected chi connectivity index (χ0v) is 17.0. The third-order valence-corrected chi connectivity index (χ3v) is 5.09. The maximum absolute atomic E-state index is 5.43. The highest BCUT2D eigenvalue weighted by molar-refractivity contribution is 5.44. The lowest BCUT2D eigenvalue weighted by atomic mass is 10.2. The van der Waals surface area contributed by atoms with E-state index in [0.29, 0.717) is 12.7 Å². The number of aryl methyl sites for hydroxylation is 1. The second kappa shape index (κ2) is 8.59. The van der Waals surface area contributed by atoms with Gasteiger partial charge in [-0.05, 0) is 44.7 Å². The molecule has 0 amide bonds. The molecule has 2 aromatic heterocycles. The molecule has 0 saturated carbocycles. The summed E-state index contributed by atoms with van der Waals surface area (Å²) in [7, 11) is 2.11. The van der Waals surface area contributed by atoms with Gasteiger partial charge in [0.15, 0.2) is 11.5 Å². The van der Waals surface area contributed by atoms with Gasteiger partial charge in [0, 0.05) is 43.8 Å². The summed E-state index contributed by atoms with van der Waals surface area (Å²) in [5.41, 5.74) is 3.13. The second-order valence-corrected chi connectivity index (χ2v) is 7.23. The first kappa shape index (κ1) is 19.4. The number of ether oxygens (including phenoxy) is 2. The van der Waals surface area contributed by atoms with Crippen molar-refractivity contribution in [2.75, 3.05) is 26.9 Å². The molecule has 1 aliphatic heterocycles. The van der Waals surface area contributed by atoms with E-state index in [1.807, 2.05) is 35.9 Å². The van der Waals surface area contributed by atoms with Gasteiger partial charge in [-0.15, -0.1) is 0 Å². The van der Waals surface area contributed by atoms with Crippen LogP contribution in [0.3, 0.4) is 0 Å². The largest absolute Gasteiger partial charge is 0.454 e. The van der Waals surface area contributed by atoms with E-state index in [4.69, 9.17) is 14.5 Å². The van der Waals surface area contributed by atoms with Gasteiger partial charge >= 0.3 is 0 Å². The van der Waals surface area contributed by atoms with Crippen LogP contribution >= 0.6 is 0 Å². The van der Waals surface area contributed by atoms with Crippen molar-refractivity contribution in [2.24, 2.45) is 0 Å². The summed E-state index contributed by atoms with van der Waals surface area (Å²) < 4.78 is 12.6. The van der Waals surface area contributed by atoms with Gasteiger partial charge in [-0.25, -0.2) is 15.0 Å². The Morgan fingerprint density at radius 3 is 2.90 bits per heavy atom. The Morgan fingerprint density at radius 2 is 2.07 bits per heavy atom. The molecule has 1 unspecified atom stereocenters. The summed E-state index contributed by atoms with van der Waals surface area (Å²) in [4.78, 5) is 15.6. The van der Waals surface area contributed by atoms with Crippen molar-refractivity contribution >= 4 is 0 Å². The van der Waals surface area contributed by atoms with Crippen molar-refractivity contribution < 1.29 is 9.47 Å². The normalized spacial score (nSPS) is 13.8. The molecule has 1 N–H and O–H groups in total. The third-order valence-electron chi connectivity index (χ3n) is 5.09.